The van der Waals surface area contributed by atoms with Crippen molar-refractivity contribution in [1.29, 1.82) is 0 Å². The lowest BCUT2D eigenvalue weighted by Gasteiger charge is -2.11. The van der Waals surface area contributed by atoms with Crippen LogP contribution in [0.4, 0.5) is 5.69 Å². The topological polar surface area (TPSA) is 114 Å². The van der Waals surface area contributed by atoms with Crippen LogP contribution in [0, 0.1) is 10.1 Å². The van der Waals surface area contributed by atoms with E-state index in [-0.39, 0.29) is 11.3 Å². The second-order valence-corrected chi connectivity index (χ2v) is 6.60. The van der Waals surface area contributed by atoms with Gasteiger partial charge in [0.1, 0.15) is 0 Å². The zero-order valence-electron chi connectivity index (χ0n) is 14.7. The Labute approximate surface area is 159 Å². The van der Waals surface area contributed by atoms with Crippen molar-refractivity contribution < 1.29 is 14.5 Å². The number of aromatic nitrogens is 1. The second kappa shape index (κ2) is 7.07. The zero-order chi connectivity index (χ0) is 19.7. The zero-order valence-corrected chi connectivity index (χ0v) is 14.7. The number of para-hydroxylation sites is 1. The van der Waals surface area contributed by atoms with Crippen LogP contribution in [0.15, 0.2) is 54.6 Å². The van der Waals surface area contributed by atoms with E-state index in [9.17, 15) is 19.7 Å². The van der Waals surface area contributed by atoms with Crippen molar-refractivity contribution in [2.45, 2.75) is 18.8 Å². The van der Waals surface area contributed by atoms with Gasteiger partial charge in [-0.25, -0.2) is 0 Å². The van der Waals surface area contributed by atoms with Crippen LogP contribution in [-0.2, 0) is 0 Å². The number of carbonyl (C=O) groups excluding carboxylic acids is 2. The minimum absolute atomic E-state index is 0.0766. The van der Waals surface area contributed by atoms with Crippen LogP contribution in [0.25, 0.3) is 10.9 Å². The predicted molar refractivity (Wildman–Crippen MR) is 102 cm³/mol. The molecule has 4 rings (SSSR count). The van der Waals surface area contributed by atoms with Gasteiger partial charge in [-0.2, -0.15) is 0 Å². The number of nitro benzene ring substituents is 1. The predicted octanol–water partition coefficient (Wildman–Crippen LogP) is 3.10. The first-order valence-corrected chi connectivity index (χ1v) is 8.78. The Morgan fingerprint density at radius 1 is 1.00 bits per heavy atom. The van der Waals surface area contributed by atoms with E-state index >= 15 is 0 Å². The average molecular weight is 376 g/mol. The van der Waals surface area contributed by atoms with Gasteiger partial charge < -0.3 is 0 Å². The molecule has 2 N–H and O–H groups in total. The molecule has 1 aliphatic carbocycles. The fraction of sp³-hybridized carbons (Fsp3) is 0.150. The van der Waals surface area contributed by atoms with Crippen molar-refractivity contribution in [2.75, 3.05) is 0 Å². The first-order chi connectivity index (χ1) is 13.5. The summed E-state index contributed by atoms with van der Waals surface area (Å²) in [7, 11) is 0. The van der Waals surface area contributed by atoms with Crippen LogP contribution in [0.2, 0.25) is 0 Å². The first kappa shape index (κ1) is 17.6. The summed E-state index contributed by atoms with van der Waals surface area (Å²) in [5.74, 6) is -0.743. The van der Waals surface area contributed by atoms with E-state index in [0.717, 1.165) is 30.1 Å². The summed E-state index contributed by atoms with van der Waals surface area (Å²) in [6.45, 7) is 0. The quantitative estimate of drug-likeness (QED) is 0.536. The monoisotopic (exact) mass is 376 g/mol. The third kappa shape index (κ3) is 3.52. The number of pyridine rings is 1. The number of fused-ring (bicyclic) bond motifs is 1. The molecule has 2 amide bonds. The molecule has 3 aromatic rings. The van der Waals surface area contributed by atoms with Gasteiger partial charge in [-0.3, -0.25) is 35.5 Å². The highest BCUT2D eigenvalue weighted by atomic mass is 16.6. The Morgan fingerprint density at radius 2 is 1.75 bits per heavy atom. The lowest BCUT2D eigenvalue weighted by atomic mass is 10.1. The lowest BCUT2D eigenvalue weighted by molar-refractivity contribution is -0.384. The number of non-ortho nitro benzene ring substituents is 1. The lowest BCUT2D eigenvalue weighted by Crippen LogP contribution is -2.41. The van der Waals surface area contributed by atoms with Crippen molar-refractivity contribution in [3.05, 3.63) is 81.5 Å². The molecule has 0 atom stereocenters. The normalized spacial score (nSPS) is 13.1. The number of rotatable bonds is 4. The summed E-state index contributed by atoms with van der Waals surface area (Å²) in [5, 5.41) is 11.5. The van der Waals surface area contributed by atoms with Crippen LogP contribution in [0.5, 0.6) is 0 Å². The van der Waals surface area contributed by atoms with Crippen molar-refractivity contribution in [1.82, 2.24) is 15.8 Å². The van der Waals surface area contributed by atoms with Gasteiger partial charge in [0.2, 0.25) is 0 Å². The Morgan fingerprint density at radius 3 is 2.50 bits per heavy atom. The van der Waals surface area contributed by atoms with Gasteiger partial charge in [0.05, 0.1) is 16.0 Å². The molecule has 0 spiro atoms. The van der Waals surface area contributed by atoms with Crippen LogP contribution in [0.1, 0.15) is 45.2 Å². The minimum atomic E-state index is -0.641. The smallest absolute Gasteiger partial charge is 0.267 e. The molecule has 1 fully saturated rings. The van der Waals surface area contributed by atoms with E-state index < -0.39 is 16.7 Å². The number of nitrogens with zero attached hydrogens (tertiary/aromatic N) is 2. The Bertz CT molecular complexity index is 1110. The summed E-state index contributed by atoms with van der Waals surface area (Å²) in [6, 6.07) is 14.4. The molecular formula is C20H16N4O4. The number of hydrogen-bond acceptors (Lipinski definition) is 5. The highest BCUT2D eigenvalue weighted by Gasteiger charge is 2.27. The van der Waals surface area contributed by atoms with E-state index in [1.54, 1.807) is 12.1 Å². The number of hydrogen-bond donors (Lipinski definition) is 2. The van der Waals surface area contributed by atoms with Gasteiger partial charge in [0.15, 0.2) is 0 Å². The summed E-state index contributed by atoms with van der Waals surface area (Å²) in [6.07, 6.45) is 2.10. The first-order valence-electron chi connectivity index (χ1n) is 8.78. The minimum Gasteiger partial charge on any atom is -0.267 e. The molecule has 1 aromatic heterocycles. The second-order valence-electron chi connectivity index (χ2n) is 6.60. The number of nitro groups is 1. The van der Waals surface area contributed by atoms with E-state index in [2.05, 4.69) is 15.8 Å². The van der Waals surface area contributed by atoms with Gasteiger partial charge in [0, 0.05) is 34.7 Å². The average Bonchev–Trinajstić information content (AvgIpc) is 3.56. The molecule has 0 bridgehead atoms. The van der Waals surface area contributed by atoms with E-state index in [4.69, 9.17) is 0 Å². The standard InChI is InChI=1S/C20H16N4O4/c25-19(13-4-3-5-14(10-13)24(27)28)22-23-20(26)16-11-18(12-8-9-12)21-17-7-2-1-6-15(16)17/h1-7,10-12H,8-9H2,(H,22,25)(H,23,26). The fourth-order valence-electron chi connectivity index (χ4n) is 2.99. The fourth-order valence-corrected chi connectivity index (χ4v) is 2.99. The molecule has 8 heteroatoms. The van der Waals surface area contributed by atoms with Crippen molar-refractivity contribution >= 4 is 28.4 Å². The molecule has 0 aliphatic heterocycles. The van der Waals surface area contributed by atoms with Crippen LogP contribution in [0.3, 0.4) is 0 Å². The molecule has 1 saturated carbocycles. The van der Waals surface area contributed by atoms with Gasteiger partial charge in [0.25, 0.3) is 17.5 Å². The molecule has 0 saturated heterocycles. The van der Waals surface area contributed by atoms with Crippen molar-refractivity contribution in [3.8, 4) is 0 Å². The Hall–Kier alpha value is -3.81. The Balaban J connectivity index is 1.55. The highest BCUT2D eigenvalue weighted by Crippen LogP contribution is 2.40. The van der Waals surface area contributed by atoms with Crippen molar-refractivity contribution in [2.24, 2.45) is 0 Å². The van der Waals surface area contributed by atoms with Crippen LogP contribution >= 0.6 is 0 Å². The van der Waals surface area contributed by atoms with E-state index in [1.165, 1.54) is 18.2 Å². The summed E-state index contributed by atoms with van der Waals surface area (Å²) >= 11 is 0. The number of benzene rings is 2. The molecule has 2 aromatic carbocycles. The third-order valence-electron chi connectivity index (χ3n) is 4.58. The maximum atomic E-state index is 12.7. The van der Waals surface area contributed by atoms with Gasteiger partial charge >= 0.3 is 0 Å². The van der Waals surface area contributed by atoms with E-state index in [1.807, 2.05) is 18.2 Å². The number of carbonyl (C=O) groups is 2. The molecule has 28 heavy (non-hydrogen) atoms. The molecule has 1 heterocycles. The maximum Gasteiger partial charge on any atom is 0.270 e. The summed E-state index contributed by atoms with van der Waals surface area (Å²) in [4.78, 5) is 39.8. The largest absolute Gasteiger partial charge is 0.270 e. The number of amides is 2. The molecule has 140 valence electrons. The van der Waals surface area contributed by atoms with E-state index in [0.29, 0.717) is 16.9 Å². The SMILES string of the molecule is O=C(NNC(=O)c1cc(C2CC2)nc2ccccc12)c1cccc([N+](=O)[O-])c1. The number of nitrogens with one attached hydrogen (secondary N) is 2. The summed E-state index contributed by atoms with van der Waals surface area (Å²) < 4.78 is 0. The molecule has 0 radical (unpaired) electrons. The maximum absolute atomic E-state index is 12.7. The molecule has 8 nitrogen and oxygen atoms in total. The van der Waals surface area contributed by atoms with Crippen LogP contribution < -0.4 is 10.9 Å². The molecular weight excluding hydrogens is 360 g/mol. The van der Waals surface area contributed by atoms with Gasteiger partial charge in [-0.1, -0.05) is 24.3 Å². The molecule has 1 aliphatic rings. The van der Waals surface area contributed by atoms with Crippen molar-refractivity contribution in [3.63, 3.8) is 0 Å². The molecule has 0 unspecified atom stereocenters. The highest BCUT2D eigenvalue weighted by molar-refractivity contribution is 6.07. The Kier molecular flexibility index (Phi) is 4.44. The van der Waals surface area contributed by atoms with Gasteiger partial charge in [-0.15, -0.1) is 0 Å². The third-order valence-corrected chi connectivity index (χ3v) is 4.58. The van der Waals surface area contributed by atoms with Crippen LogP contribution in [-0.4, -0.2) is 21.7 Å². The summed E-state index contributed by atoms with van der Waals surface area (Å²) in [5.41, 5.74) is 6.59. The number of hydrazine groups is 1. The van der Waals surface area contributed by atoms with Gasteiger partial charge in [-0.05, 0) is 31.0 Å².